The first-order chi connectivity index (χ1) is 23.7. The molecule has 3 N–H and O–H groups in total. The fourth-order valence-electron chi connectivity index (χ4n) is 5.05. The molecule has 3 atom stereocenters. The third-order valence-electron chi connectivity index (χ3n) is 7.39. The molecule has 2 aliphatic heterocycles. The number of alkyl carbamates (subject to hydrolysis) is 1. The Hall–Kier alpha value is -6.06. The summed E-state index contributed by atoms with van der Waals surface area (Å²) in [5, 5.41) is 20.0. The molecule has 0 fully saturated rings. The van der Waals surface area contributed by atoms with Crippen LogP contribution in [0.25, 0.3) is 0 Å². The number of carbonyl (C=O) groups is 4. The number of nitro benzene ring substituents is 1. The largest absolute Gasteiger partial charge is 0.497 e. The van der Waals surface area contributed by atoms with E-state index >= 15 is 0 Å². The van der Waals surface area contributed by atoms with Gasteiger partial charge in [-0.15, -0.1) is 0 Å². The van der Waals surface area contributed by atoms with Crippen molar-refractivity contribution in [2.45, 2.75) is 50.9 Å². The van der Waals surface area contributed by atoms with E-state index in [-0.39, 0.29) is 51.9 Å². The monoisotopic (exact) mass is 694 g/mol. The molecule has 0 aliphatic carbocycles. The van der Waals surface area contributed by atoms with E-state index in [1.807, 2.05) is 0 Å². The lowest BCUT2D eigenvalue weighted by molar-refractivity contribution is -0.385. The van der Waals surface area contributed by atoms with Gasteiger partial charge in [0.25, 0.3) is 0 Å². The molecule has 3 amide bonds. The molecule has 0 unspecified atom stereocenters. The van der Waals surface area contributed by atoms with Crippen LogP contribution in [0.4, 0.5) is 10.5 Å². The number of carbonyl (C=O) groups excluding carboxylic acids is 4. The summed E-state index contributed by atoms with van der Waals surface area (Å²) in [6.45, 7) is 4.89. The van der Waals surface area contributed by atoms with Gasteiger partial charge in [-0.05, 0) is 67.8 Å². The highest BCUT2D eigenvalue weighted by atomic mass is 16.6. The predicted octanol–water partition coefficient (Wildman–Crippen LogP) is 4.05. The van der Waals surface area contributed by atoms with Crippen molar-refractivity contribution in [3.63, 3.8) is 0 Å². The number of hydrogen-bond donors (Lipinski definition) is 3. The highest BCUT2D eigenvalue weighted by Crippen LogP contribution is 2.39. The first-order valence-electron chi connectivity index (χ1n) is 15.2. The van der Waals surface area contributed by atoms with Gasteiger partial charge in [-0.2, -0.15) is 0 Å². The van der Waals surface area contributed by atoms with Crippen LogP contribution >= 0.6 is 0 Å². The van der Waals surface area contributed by atoms with E-state index in [9.17, 15) is 29.3 Å². The van der Waals surface area contributed by atoms with Crippen LogP contribution in [0.15, 0.2) is 54.6 Å². The summed E-state index contributed by atoms with van der Waals surface area (Å²) in [4.78, 5) is 65.9. The van der Waals surface area contributed by atoms with Gasteiger partial charge < -0.3 is 44.4 Å². The minimum Gasteiger partial charge on any atom is -0.497 e. The molecular weight excluding hydrogens is 656 g/mol. The average Bonchev–Trinajstić information content (AvgIpc) is 3.07. The van der Waals surface area contributed by atoms with Gasteiger partial charge in [0.1, 0.15) is 29.2 Å². The van der Waals surface area contributed by atoms with Gasteiger partial charge in [0.15, 0.2) is 17.5 Å². The van der Waals surface area contributed by atoms with Crippen molar-refractivity contribution in [3.05, 3.63) is 81.4 Å². The molecule has 2 aliphatic rings. The van der Waals surface area contributed by atoms with Crippen molar-refractivity contribution < 1.29 is 52.5 Å². The second-order valence-electron chi connectivity index (χ2n) is 12.0. The quantitative estimate of drug-likeness (QED) is 0.182. The Kier molecular flexibility index (Phi) is 11.4. The normalized spacial score (nSPS) is 17.7. The molecule has 0 saturated heterocycles. The van der Waals surface area contributed by atoms with Gasteiger partial charge in [0.2, 0.25) is 17.6 Å². The van der Waals surface area contributed by atoms with Crippen molar-refractivity contribution in [1.29, 1.82) is 0 Å². The molecule has 0 spiro atoms. The fourth-order valence-corrected chi connectivity index (χ4v) is 5.05. The summed E-state index contributed by atoms with van der Waals surface area (Å²) >= 11 is 0. The van der Waals surface area contributed by atoms with Crippen LogP contribution in [0.1, 0.15) is 49.5 Å². The van der Waals surface area contributed by atoms with Crippen molar-refractivity contribution in [3.8, 4) is 28.7 Å². The van der Waals surface area contributed by atoms with E-state index < -0.39 is 58.2 Å². The predicted molar refractivity (Wildman–Crippen MR) is 176 cm³/mol. The minimum absolute atomic E-state index is 0.0112. The lowest BCUT2D eigenvalue weighted by Crippen LogP contribution is -2.52. The van der Waals surface area contributed by atoms with Crippen molar-refractivity contribution in [2.24, 2.45) is 0 Å². The Balaban J connectivity index is 1.95. The molecule has 2 heterocycles. The first kappa shape index (κ1) is 36.8. The summed E-state index contributed by atoms with van der Waals surface area (Å²) in [6, 6.07) is 8.42. The van der Waals surface area contributed by atoms with Crippen LogP contribution < -0.4 is 34.9 Å². The number of methoxy groups -OCH3 is 4. The number of nitrogens with zero attached hydrogens (tertiary/aromatic N) is 1. The van der Waals surface area contributed by atoms with E-state index in [2.05, 4.69) is 16.0 Å². The maximum absolute atomic E-state index is 14.2. The Morgan fingerprint density at radius 2 is 1.54 bits per heavy atom. The van der Waals surface area contributed by atoms with Gasteiger partial charge in [0.05, 0.1) is 33.4 Å². The maximum Gasteiger partial charge on any atom is 0.408 e. The molecule has 0 radical (unpaired) electrons. The SMILES string of the molecule is COC(=O)[C@@H]1NC(=O)[C@H](c2cc(OC)cc(OC)c2)NC(=O)[C@H](NC(=O)OC(C)(C)C)Cc2ccc(c([N+](=O)[O-])c2)Oc2cc1ccc2OC. The molecule has 0 aromatic heterocycles. The molecule has 3 aromatic rings. The smallest absolute Gasteiger partial charge is 0.408 e. The zero-order valence-electron chi connectivity index (χ0n) is 28.5. The van der Waals surface area contributed by atoms with Gasteiger partial charge in [-0.1, -0.05) is 12.1 Å². The Bertz CT molecular complexity index is 1770. The number of fused-ring (bicyclic) bond motifs is 9. The summed E-state index contributed by atoms with van der Waals surface area (Å²) in [6.07, 6.45) is -1.23. The second-order valence-corrected chi connectivity index (χ2v) is 12.0. The molecule has 266 valence electrons. The van der Waals surface area contributed by atoms with Crippen LogP contribution in [-0.4, -0.2) is 68.9 Å². The van der Waals surface area contributed by atoms with E-state index in [1.165, 1.54) is 69.9 Å². The zero-order valence-corrected chi connectivity index (χ0v) is 28.5. The Morgan fingerprint density at radius 1 is 0.860 bits per heavy atom. The molecular formula is C34H38N4O12. The summed E-state index contributed by atoms with van der Waals surface area (Å²) in [7, 11) is 5.28. The van der Waals surface area contributed by atoms with Gasteiger partial charge >= 0.3 is 17.7 Å². The van der Waals surface area contributed by atoms with E-state index in [4.69, 9.17) is 28.4 Å². The minimum atomic E-state index is -1.51. The molecule has 16 heteroatoms. The second kappa shape index (κ2) is 15.4. The van der Waals surface area contributed by atoms with Crippen LogP contribution in [0, 0.1) is 10.1 Å². The maximum atomic E-state index is 14.2. The molecule has 4 bridgehead atoms. The van der Waals surface area contributed by atoms with Crippen molar-refractivity contribution >= 4 is 29.6 Å². The standard InChI is InChI=1S/C34H38N4O12/c1-34(2,3)50-33(42)35-23-12-18-8-10-25(24(13-18)38(43)44)49-27-16-19(9-11-26(27)47-6)29(32(41)48-7)37-31(40)28(36-30(23)39)20-14-21(45-4)17-22(15-20)46-5/h8-11,13-17,23,28-29H,12H2,1-7H3,(H,35,42)(H,36,39)(H,37,40)/t23-,28+,29-/m1/s1. The fraction of sp³-hybridized carbons (Fsp3) is 0.353. The topological polar surface area (TPSA) is 203 Å². The van der Waals surface area contributed by atoms with Gasteiger partial charge in [0, 0.05) is 18.6 Å². The van der Waals surface area contributed by atoms with Crippen molar-refractivity contribution in [2.75, 3.05) is 28.4 Å². The Morgan fingerprint density at radius 3 is 2.12 bits per heavy atom. The first-order valence-corrected chi connectivity index (χ1v) is 15.2. The van der Waals surface area contributed by atoms with Gasteiger partial charge in [-0.3, -0.25) is 19.7 Å². The number of benzene rings is 3. The van der Waals surface area contributed by atoms with Gasteiger partial charge in [-0.25, -0.2) is 9.59 Å². The molecule has 5 rings (SSSR count). The van der Waals surface area contributed by atoms with Crippen molar-refractivity contribution in [1.82, 2.24) is 16.0 Å². The zero-order chi connectivity index (χ0) is 36.7. The van der Waals surface area contributed by atoms with Crippen LogP contribution in [0.3, 0.4) is 0 Å². The average molecular weight is 695 g/mol. The van der Waals surface area contributed by atoms with Crippen LogP contribution in [0.2, 0.25) is 0 Å². The number of amides is 3. The third kappa shape index (κ3) is 8.89. The highest BCUT2D eigenvalue weighted by molar-refractivity contribution is 5.94. The molecule has 16 nitrogen and oxygen atoms in total. The molecule has 3 aromatic carbocycles. The highest BCUT2D eigenvalue weighted by Gasteiger charge is 2.34. The van der Waals surface area contributed by atoms with Crippen LogP contribution in [-0.2, 0) is 30.3 Å². The summed E-state index contributed by atoms with van der Waals surface area (Å²) < 4.78 is 32.5. The van der Waals surface area contributed by atoms with Crippen LogP contribution in [0.5, 0.6) is 28.7 Å². The summed E-state index contributed by atoms with van der Waals surface area (Å²) in [5.74, 6) is -2.08. The lowest BCUT2D eigenvalue weighted by Gasteiger charge is -2.27. The molecule has 0 saturated carbocycles. The van der Waals surface area contributed by atoms with E-state index in [0.29, 0.717) is 0 Å². The molecule has 50 heavy (non-hydrogen) atoms. The number of nitrogens with one attached hydrogen (secondary N) is 3. The van der Waals surface area contributed by atoms with E-state index in [1.54, 1.807) is 26.8 Å². The number of esters is 1. The van der Waals surface area contributed by atoms with E-state index in [0.717, 1.165) is 7.11 Å². The number of ether oxygens (including phenoxy) is 6. The number of hydrogen-bond acceptors (Lipinski definition) is 12. The number of nitro groups is 1. The summed E-state index contributed by atoms with van der Waals surface area (Å²) in [5.41, 5.74) is -0.784. The number of rotatable bonds is 7. The Labute approximate surface area is 287 Å². The lowest BCUT2D eigenvalue weighted by atomic mass is 10.00. The third-order valence-corrected chi connectivity index (χ3v) is 7.39.